The largest absolute Gasteiger partial charge is 0.356 e. The van der Waals surface area contributed by atoms with Gasteiger partial charge in [0.15, 0.2) is 0 Å². The fourth-order valence-corrected chi connectivity index (χ4v) is 3.52. The van der Waals surface area contributed by atoms with Crippen molar-refractivity contribution >= 4 is 17.7 Å². The van der Waals surface area contributed by atoms with Crippen LogP contribution in [0.4, 0.5) is 0 Å². The van der Waals surface area contributed by atoms with Gasteiger partial charge in [0.05, 0.1) is 0 Å². The van der Waals surface area contributed by atoms with Crippen molar-refractivity contribution < 1.29 is 14.4 Å². The average molecular weight is 308 g/mol. The molecule has 1 saturated carbocycles. The van der Waals surface area contributed by atoms with Gasteiger partial charge >= 0.3 is 0 Å². The number of likely N-dealkylation sites (tertiary alicyclic amines) is 1. The van der Waals surface area contributed by atoms with E-state index in [0.29, 0.717) is 31.2 Å². The number of hydrogen-bond donors (Lipinski definition) is 1. The maximum absolute atomic E-state index is 12.0. The number of imide groups is 1. The third-order valence-corrected chi connectivity index (χ3v) is 4.92. The van der Waals surface area contributed by atoms with E-state index in [1.165, 1.54) is 4.90 Å². The summed E-state index contributed by atoms with van der Waals surface area (Å²) in [4.78, 5) is 37.0. The van der Waals surface area contributed by atoms with Gasteiger partial charge in [-0.05, 0) is 43.9 Å². The van der Waals surface area contributed by atoms with Crippen LogP contribution in [0.15, 0.2) is 0 Å². The molecule has 1 aliphatic heterocycles. The van der Waals surface area contributed by atoms with Crippen LogP contribution >= 0.6 is 0 Å². The summed E-state index contributed by atoms with van der Waals surface area (Å²) in [6, 6.07) is 0. The van der Waals surface area contributed by atoms with Crippen molar-refractivity contribution in [3.63, 3.8) is 0 Å². The molecule has 2 aliphatic rings. The lowest BCUT2D eigenvalue weighted by Gasteiger charge is -2.30. The molecular formula is C17H28N2O3. The molecule has 1 heterocycles. The van der Waals surface area contributed by atoms with Gasteiger partial charge in [-0.3, -0.25) is 19.3 Å². The molecule has 1 aliphatic carbocycles. The second-order valence-electron chi connectivity index (χ2n) is 6.89. The first-order valence-corrected chi connectivity index (χ1v) is 8.62. The van der Waals surface area contributed by atoms with Crippen LogP contribution in [0.25, 0.3) is 0 Å². The van der Waals surface area contributed by atoms with E-state index in [9.17, 15) is 14.4 Å². The molecule has 1 N–H and O–H groups in total. The molecule has 124 valence electrons. The molecule has 22 heavy (non-hydrogen) atoms. The van der Waals surface area contributed by atoms with Gasteiger partial charge in [0.1, 0.15) is 0 Å². The van der Waals surface area contributed by atoms with Crippen LogP contribution in [-0.4, -0.2) is 35.7 Å². The first-order valence-electron chi connectivity index (χ1n) is 8.62. The average Bonchev–Trinajstić information content (AvgIpc) is 2.73. The van der Waals surface area contributed by atoms with Crippen LogP contribution in [0.3, 0.4) is 0 Å². The Labute approximate surface area is 132 Å². The van der Waals surface area contributed by atoms with Gasteiger partial charge in [0.25, 0.3) is 0 Å². The third-order valence-electron chi connectivity index (χ3n) is 4.92. The van der Waals surface area contributed by atoms with E-state index in [2.05, 4.69) is 5.32 Å². The number of carbonyl (C=O) groups is 3. The lowest BCUT2D eigenvalue weighted by atomic mass is 9.80. The Morgan fingerprint density at radius 2 is 1.82 bits per heavy atom. The second kappa shape index (κ2) is 7.75. The highest BCUT2D eigenvalue weighted by atomic mass is 16.2. The molecule has 1 unspecified atom stereocenters. The number of rotatable bonds is 6. The molecule has 2 rings (SSSR count). The second-order valence-corrected chi connectivity index (χ2v) is 6.89. The van der Waals surface area contributed by atoms with Gasteiger partial charge in [0.2, 0.25) is 17.7 Å². The number of amides is 3. The van der Waals surface area contributed by atoms with E-state index in [4.69, 9.17) is 0 Å². The highest BCUT2D eigenvalue weighted by Crippen LogP contribution is 2.32. The van der Waals surface area contributed by atoms with E-state index >= 15 is 0 Å². The molecule has 0 aromatic heterocycles. The molecule has 0 bridgehead atoms. The van der Waals surface area contributed by atoms with Crippen LogP contribution in [0.2, 0.25) is 0 Å². The van der Waals surface area contributed by atoms with Crippen LogP contribution < -0.4 is 5.32 Å². The zero-order chi connectivity index (χ0) is 16.1. The number of nitrogens with one attached hydrogen (secondary N) is 1. The topological polar surface area (TPSA) is 66.5 Å². The van der Waals surface area contributed by atoms with Gasteiger partial charge in [0, 0.05) is 31.8 Å². The van der Waals surface area contributed by atoms with Crippen molar-refractivity contribution in [2.24, 2.45) is 17.8 Å². The molecule has 1 atom stereocenters. The Hall–Kier alpha value is -1.39. The van der Waals surface area contributed by atoms with Crippen molar-refractivity contribution in [1.82, 2.24) is 10.2 Å². The Bertz CT molecular complexity index is 428. The summed E-state index contributed by atoms with van der Waals surface area (Å²) < 4.78 is 0. The molecular weight excluding hydrogens is 280 g/mol. The summed E-state index contributed by atoms with van der Waals surface area (Å²) >= 11 is 0. The normalized spacial score (nSPS) is 29.0. The molecule has 5 nitrogen and oxygen atoms in total. The molecule has 5 heteroatoms. The van der Waals surface area contributed by atoms with Crippen molar-refractivity contribution in [3.05, 3.63) is 0 Å². The monoisotopic (exact) mass is 308 g/mol. The third kappa shape index (κ3) is 4.31. The maximum Gasteiger partial charge on any atom is 0.232 e. The number of nitrogens with zero attached hydrogens (tertiary/aromatic N) is 1. The summed E-state index contributed by atoms with van der Waals surface area (Å²) in [5.41, 5.74) is 0. The smallest absolute Gasteiger partial charge is 0.232 e. The Balaban J connectivity index is 1.72. The molecule has 0 aromatic carbocycles. The van der Waals surface area contributed by atoms with Crippen molar-refractivity contribution in [1.29, 1.82) is 0 Å². The Morgan fingerprint density at radius 3 is 2.36 bits per heavy atom. The summed E-state index contributed by atoms with van der Waals surface area (Å²) in [7, 11) is 0. The van der Waals surface area contributed by atoms with Crippen molar-refractivity contribution in [2.45, 2.75) is 58.8 Å². The molecule has 0 radical (unpaired) electrons. The Morgan fingerprint density at radius 1 is 1.18 bits per heavy atom. The SMILES string of the molecule is CCCNC(=O)CC1CCC(CN2C(=O)CC(C)C2=O)CC1. The van der Waals surface area contributed by atoms with Gasteiger partial charge in [-0.1, -0.05) is 13.8 Å². The minimum atomic E-state index is -0.147. The standard InChI is InChI=1S/C17H28N2O3/c1-3-8-18-15(20)10-13-4-6-14(7-5-13)11-19-16(21)9-12(2)17(19)22/h12-14H,3-11H2,1-2H3,(H,18,20). The Kier molecular flexibility index (Phi) is 5.98. The van der Waals surface area contributed by atoms with Crippen molar-refractivity contribution in [2.75, 3.05) is 13.1 Å². The fourth-order valence-electron chi connectivity index (χ4n) is 3.52. The van der Waals surface area contributed by atoms with E-state index in [1.54, 1.807) is 0 Å². The zero-order valence-electron chi connectivity index (χ0n) is 13.8. The highest BCUT2D eigenvalue weighted by Gasteiger charge is 2.37. The van der Waals surface area contributed by atoms with Gasteiger partial charge < -0.3 is 5.32 Å². The lowest BCUT2D eigenvalue weighted by molar-refractivity contribution is -0.140. The fraction of sp³-hybridized carbons (Fsp3) is 0.824. The predicted octanol–water partition coefficient (Wildman–Crippen LogP) is 2.10. The highest BCUT2D eigenvalue weighted by molar-refractivity contribution is 6.03. The summed E-state index contributed by atoms with van der Waals surface area (Å²) in [5, 5.41) is 2.93. The van der Waals surface area contributed by atoms with Crippen molar-refractivity contribution in [3.8, 4) is 0 Å². The molecule has 3 amide bonds. The van der Waals surface area contributed by atoms with Crippen LogP contribution in [0.5, 0.6) is 0 Å². The molecule has 2 fully saturated rings. The first-order chi connectivity index (χ1) is 10.5. The van der Waals surface area contributed by atoms with Gasteiger partial charge in [-0.2, -0.15) is 0 Å². The minimum Gasteiger partial charge on any atom is -0.356 e. The van der Waals surface area contributed by atoms with E-state index in [1.807, 2.05) is 13.8 Å². The van der Waals surface area contributed by atoms with Gasteiger partial charge in [-0.15, -0.1) is 0 Å². The summed E-state index contributed by atoms with van der Waals surface area (Å²) in [6.45, 7) is 5.21. The van der Waals surface area contributed by atoms with Crippen LogP contribution in [-0.2, 0) is 14.4 Å². The summed E-state index contributed by atoms with van der Waals surface area (Å²) in [6.07, 6.45) is 6.02. The molecule has 1 saturated heterocycles. The quantitative estimate of drug-likeness (QED) is 0.764. The van der Waals surface area contributed by atoms with Crippen LogP contribution in [0, 0.1) is 17.8 Å². The first kappa shape index (κ1) is 17.0. The molecule has 0 aromatic rings. The maximum atomic E-state index is 12.0. The number of carbonyl (C=O) groups excluding carboxylic acids is 3. The minimum absolute atomic E-state index is 0.00827. The van der Waals surface area contributed by atoms with E-state index in [0.717, 1.165) is 38.6 Å². The summed E-state index contributed by atoms with van der Waals surface area (Å²) in [5.74, 6) is 0.852. The number of hydrogen-bond acceptors (Lipinski definition) is 3. The van der Waals surface area contributed by atoms with E-state index in [-0.39, 0.29) is 23.6 Å². The lowest BCUT2D eigenvalue weighted by Crippen LogP contribution is -2.36. The predicted molar refractivity (Wildman–Crippen MR) is 83.9 cm³/mol. The zero-order valence-corrected chi connectivity index (χ0v) is 13.8. The van der Waals surface area contributed by atoms with Gasteiger partial charge in [-0.25, -0.2) is 0 Å². The van der Waals surface area contributed by atoms with E-state index < -0.39 is 0 Å². The van der Waals surface area contributed by atoms with Crippen LogP contribution in [0.1, 0.15) is 58.8 Å². The molecule has 0 spiro atoms.